The van der Waals surface area contributed by atoms with Crippen molar-refractivity contribution in [2.75, 3.05) is 13.1 Å². The lowest BCUT2D eigenvalue weighted by Crippen LogP contribution is -2.46. The van der Waals surface area contributed by atoms with Gasteiger partial charge >= 0.3 is 0 Å². The summed E-state index contributed by atoms with van der Waals surface area (Å²) in [4.78, 5) is 34.1. The number of likely N-dealkylation sites (tertiary alicyclic amines) is 1. The minimum atomic E-state index is -0.659. The second kappa shape index (κ2) is 13.1. The number of amidine groups is 1. The lowest BCUT2D eigenvalue weighted by molar-refractivity contribution is -0.131. The van der Waals surface area contributed by atoms with Gasteiger partial charge in [0, 0.05) is 31.0 Å². The fraction of sp³-hybridized carbons (Fsp3) is 0.531. The summed E-state index contributed by atoms with van der Waals surface area (Å²) < 4.78 is 5.86. The fourth-order valence-corrected chi connectivity index (χ4v) is 6.01. The Morgan fingerprint density at radius 2 is 1.55 bits per heavy atom. The summed E-state index contributed by atoms with van der Waals surface area (Å²) in [5, 5.41) is 0. The SMILES string of the molecule is CCCCC1(CCCC)N=C(N)CCC(C2CCN(C(=O)c3ccc(Oc4ccccc4)cc3)CC2)C1=O. The highest BCUT2D eigenvalue weighted by Gasteiger charge is 2.45. The Kier molecular flexibility index (Phi) is 9.59. The third-order valence-corrected chi connectivity index (χ3v) is 8.23. The van der Waals surface area contributed by atoms with E-state index in [2.05, 4.69) is 13.8 Å². The van der Waals surface area contributed by atoms with Crippen LogP contribution in [0.1, 0.15) is 88.4 Å². The van der Waals surface area contributed by atoms with Crippen LogP contribution in [-0.4, -0.2) is 41.1 Å². The van der Waals surface area contributed by atoms with Crippen molar-refractivity contribution in [2.24, 2.45) is 22.6 Å². The zero-order chi connectivity index (χ0) is 27.0. The molecule has 0 aromatic heterocycles. The Balaban J connectivity index is 1.39. The average molecular weight is 518 g/mol. The molecule has 1 unspecified atom stereocenters. The predicted octanol–water partition coefficient (Wildman–Crippen LogP) is 6.79. The summed E-state index contributed by atoms with van der Waals surface area (Å²) >= 11 is 0. The molecule has 2 aliphatic heterocycles. The van der Waals surface area contributed by atoms with Gasteiger partial charge in [-0.05, 0) is 74.4 Å². The number of hydrogen-bond donors (Lipinski definition) is 1. The van der Waals surface area contributed by atoms with E-state index >= 15 is 0 Å². The number of unbranched alkanes of at least 4 members (excludes halogenated alkanes) is 2. The Morgan fingerprint density at radius 1 is 0.947 bits per heavy atom. The highest BCUT2D eigenvalue weighted by Crippen LogP contribution is 2.39. The van der Waals surface area contributed by atoms with Crippen molar-refractivity contribution in [1.82, 2.24) is 4.90 Å². The Labute approximate surface area is 227 Å². The molecule has 2 aromatic rings. The van der Waals surface area contributed by atoms with Gasteiger partial charge in [-0.2, -0.15) is 0 Å². The molecule has 0 radical (unpaired) electrons. The number of carbonyl (C=O) groups is 2. The number of amides is 1. The molecule has 2 aliphatic rings. The van der Waals surface area contributed by atoms with E-state index in [0.717, 1.165) is 63.5 Å². The monoisotopic (exact) mass is 517 g/mol. The molecule has 1 saturated heterocycles. The maximum atomic E-state index is 14.1. The number of aliphatic imine (C=N–C) groups is 1. The molecule has 1 amide bonds. The van der Waals surface area contributed by atoms with Crippen LogP contribution in [0.15, 0.2) is 59.6 Å². The molecule has 4 rings (SSSR count). The quantitative estimate of drug-likeness (QED) is 0.376. The smallest absolute Gasteiger partial charge is 0.253 e. The van der Waals surface area contributed by atoms with E-state index in [1.807, 2.05) is 59.5 Å². The zero-order valence-corrected chi connectivity index (χ0v) is 23.0. The fourth-order valence-electron chi connectivity index (χ4n) is 6.01. The Bertz CT molecular complexity index is 1080. The molecule has 0 spiro atoms. The summed E-state index contributed by atoms with van der Waals surface area (Å²) in [6.07, 6.45) is 8.79. The number of nitrogens with zero attached hydrogens (tertiary/aromatic N) is 2. The molecule has 0 aliphatic carbocycles. The van der Waals surface area contributed by atoms with Crippen LogP contribution in [0.4, 0.5) is 0 Å². The van der Waals surface area contributed by atoms with Gasteiger partial charge in [0.25, 0.3) is 5.91 Å². The number of ether oxygens (including phenoxy) is 1. The molecular formula is C32H43N3O3. The molecule has 0 bridgehead atoms. The third-order valence-electron chi connectivity index (χ3n) is 8.23. The number of carbonyl (C=O) groups excluding carboxylic acids is 2. The van der Waals surface area contributed by atoms with E-state index in [1.165, 1.54) is 0 Å². The molecule has 0 saturated carbocycles. The van der Waals surface area contributed by atoms with Gasteiger partial charge in [0.2, 0.25) is 0 Å². The lowest BCUT2D eigenvalue weighted by atomic mass is 9.71. The summed E-state index contributed by atoms with van der Waals surface area (Å²) in [6, 6.07) is 17.0. The lowest BCUT2D eigenvalue weighted by Gasteiger charge is -2.38. The Morgan fingerprint density at radius 3 is 2.16 bits per heavy atom. The summed E-state index contributed by atoms with van der Waals surface area (Å²) in [5.74, 6) is 2.70. The van der Waals surface area contributed by atoms with Gasteiger partial charge in [0.15, 0.2) is 5.78 Å². The normalized spacial score (nSPS) is 20.1. The number of Topliss-reactive ketones (excluding diaryl/α,β-unsaturated/α-hetero) is 1. The van der Waals surface area contributed by atoms with E-state index in [4.69, 9.17) is 15.5 Å². The van der Waals surface area contributed by atoms with Crippen LogP contribution in [0.5, 0.6) is 11.5 Å². The minimum absolute atomic E-state index is 0.0276. The number of hydrogen-bond acceptors (Lipinski definition) is 5. The van der Waals surface area contributed by atoms with Gasteiger partial charge in [-0.25, -0.2) is 0 Å². The molecular weight excluding hydrogens is 474 g/mol. The molecule has 2 aromatic carbocycles. The van der Waals surface area contributed by atoms with Crippen molar-refractivity contribution in [3.63, 3.8) is 0 Å². The van der Waals surface area contributed by atoms with Crippen LogP contribution in [0, 0.1) is 11.8 Å². The van der Waals surface area contributed by atoms with E-state index < -0.39 is 5.54 Å². The molecule has 1 fully saturated rings. The van der Waals surface area contributed by atoms with Crippen molar-refractivity contribution in [3.8, 4) is 11.5 Å². The summed E-state index contributed by atoms with van der Waals surface area (Å²) in [7, 11) is 0. The minimum Gasteiger partial charge on any atom is -0.457 e. The van der Waals surface area contributed by atoms with Crippen molar-refractivity contribution < 1.29 is 14.3 Å². The van der Waals surface area contributed by atoms with Crippen LogP contribution >= 0.6 is 0 Å². The van der Waals surface area contributed by atoms with Gasteiger partial charge in [-0.1, -0.05) is 57.7 Å². The van der Waals surface area contributed by atoms with Crippen LogP contribution in [0.25, 0.3) is 0 Å². The van der Waals surface area contributed by atoms with Crippen molar-refractivity contribution >= 4 is 17.5 Å². The summed E-state index contributed by atoms with van der Waals surface area (Å²) in [5.41, 5.74) is 6.33. The van der Waals surface area contributed by atoms with Crippen molar-refractivity contribution in [2.45, 2.75) is 83.6 Å². The number of benzene rings is 2. The number of rotatable bonds is 10. The second-order valence-corrected chi connectivity index (χ2v) is 10.9. The number of para-hydroxylation sites is 1. The van der Waals surface area contributed by atoms with Gasteiger partial charge in [-0.3, -0.25) is 14.6 Å². The molecule has 38 heavy (non-hydrogen) atoms. The van der Waals surface area contributed by atoms with Crippen LogP contribution in [-0.2, 0) is 4.79 Å². The van der Waals surface area contributed by atoms with E-state index in [0.29, 0.717) is 42.4 Å². The standard InChI is InChI=1S/C32H43N3O3/c1-3-5-20-32(21-6-4-2)30(36)28(16-17-29(33)34-32)24-18-22-35(23-19-24)31(37)25-12-14-27(15-13-25)38-26-10-8-7-9-11-26/h7-15,24,28H,3-6,16-23H2,1-2H3,(H2,33,34). The topological polar surface area (TPSA) is 85.0 Å². The first-order valence-electron chi connectivity index (χ1n) is 14.5. The molecule has 1 atom stereocenters. The van der Waals surface area contributed by atoms with Crippen molar-refractivity contribution in [1.29, 1.82) is 0 Å². The number of ketones is 1. The van der Waals surface area contributed by atoms with Gasteiger partial charge in [0.1, 0.15) is 17.0 Å². The summed E-state index contributed by atoms with van der Waals surface area (Å²) in [6.45, 7) is 5.66. The second-order valence-electron chi connectivity index (χ2n) is 10.9. The molecule has 6 heteroatoms. The first-order chi connectivity index (χ1) is 18.5. The highest BCUT2D eigenvalue weighted by atomic mass is 16.5. The first-order valence-corrected chi connectivity index (χ1v) is 14.5. The maximum absolute atomic E-state index is 14.1. The van der Waals surface area contributed by atoms with Crippen LogP contribution < -0.4 is 10.5 Å². The zero-order valence-electron chi connectivity index (χ0n) is 23.0. The van der Waals surface area contributed by atoms with Crippen LogP contribution in [0.3, 0.4) is 0 Å². The predicted molar refractivity (Wildman–Crippen MR) is 153 cm³/mol. The highest BCUT2D eigenvalue weighted by molar-refractivity contribution is 5.96. The first kappa shape index (κ1) is 27.9. The van der Waals surface area contributed by atoms with Gasteiger partial charge in [-0.15, -0.1) is 0 Å². The van der Waals surface area contributed by atoms with Gasteiger partial charge in [0.05, 0.1) is 5.84 Å². The molecule has 2 N–H and O–H groups in total. The number of piperidine rings is 1. The third kappa shape index (κ3) is 6.64. The van der Waals surface area contributed by atoms with E-state index in [9.17, 15) is 9.59 Å². The van der Waals surface area contributed by atoms with E-state index in [1.54, 1.807) is 0 Å². The Hall–Kier alpha value is -3.15. The molecule has 2 heterocycles. The largest absolute Gasteiger partial charge is 0.457 e. The van der Waals surface area contributed by atoms with Crippen LogP contribution in [0.2, 0.25) is 0 Å². The average Bonchev–Trinajstić information content (AvgIpc) is 3.07. The van der Waals surface area contributed by atoms with Gasteiger partial charge < -0.3 is 15.4 Å². The van der Waals surface area contributed by atoms with E-state index in [-0.39, 0.29) is 17.7 Å². The number of nitrogens with two attached hydrogens (primary N) is 1. The van der Waals surface area contributed by atoms with Crippen molar-refractivity contribution in [3.05, 3.63) is 60.2 Å². The molecule has 6 nitrogen and oxygen atoms in total. The maximum Gasteiger partial charge on any atom is 0.253 e. The molecule has 204 valence electrons.